The summed E-state index contributed by atoms with van der Waals surface area (Å²) in [5.74, 6) is 1.76. The highest BCUT2D eigenvalue weighted by molar-refractivity contribution is 5.87. The number of carbonyl (C=O) groups is 1. The third-order valence-corrected chi connectivity index (χ3v) is 4.08. The molecule has 2 aromatic rings. The van der Waals surface area contributed by atoms with E-state index in [2.05, 4.69) is 25.8 Å². The predicted molar refractivity (Wildman–Crippen MR) is 83.5 cm³/mol. The molecule has 1 aliphatic heterocycles. The second-order valence-electron chi connectivity index (χ2n) is 5.87. The number of hydrogen-bond donors (Lipinski definition) is 2. The van der Waals surface area contributed by atoms with Crippen LogP contribution in [-0.2, 0) is 4.74 Å². The molecule has 1 saturated heterocycles. The summed E-state index contributed by atoms with van der Waals surface area (Å²) in [7, 11) is 0. The minimum Gasteiger partial charge on any atom is -0.428 e. The van der Waals surface area contributed by atoms with Gasteiger partial charge >= 0.3 is 12.0 Å². The third kappa shape index (κ3) is 3.73. The van der Waals surface area contributed by atoms with Crippen molar-refractivity contribution in [1.82, 2.24) is 20.4 Å². The minimum atomic E-state index is -0.427. The zero-order valence-corrected chi connectivity index (χ0v) is 14.0. The number of aromatic nitrogens is 3. The SMILES string of the molecule is Cc1noc([C@H](NC(=O)Nc2nc(C)c(C)o2)C2CCOCC2)n1. The van der Waals surface area contributed by atoms with Crippen molar-refractivity contribution < 1.29 is 18.5 Å². The van der Waals surface area contributed by atoms with E-state index < -0.39 is 6.03 Å². The average Bonchev–Trinajstić information content (AvgIpc) is 3.12. The van der Waals surface area contributed by atoms with E-state index in [4.69, 9.17) is 13.7 Å². The van der Waals surface area contributed by atoms with Gasteiger partial charge in [0.05, 0.1) is 5.69 Å². The van der Waals surface area contributed by atoms with Crippen molar-refractivity contribution >= 4 is 12.0 Å². The van der Waals surface area contributed by atoms with Crippen molar-refractivity contribution in [2.24, 2.45) is 5.92 Å². The lowest BCUT2D eigenvalue weighted by molar-refractivity contribution is 0.0506. The van der Waals surface area contributed by atoms with Crippen LogP contribution in [0.2, 0.25) is 0 Å². The Hall–Kier alpha value is -2.42. The first-order valence-electron chi connectivity index (χ1n) is 7.92. The van der Waals surface area contributed by atoms with Crippen LogP contribution in [-0.4, -0.2) is 34.4 Å². The van der Waals surface area contributed by atoms with Gasteiger partial charge in [0.25, 0.3) is 0 Å². The lowest BCUT2D eigenvalue weighted by atomic mass is 9.91. The van der Waals surface area contributed by atoms with Crippen LogP contribution >= 0.6 is 0 Å². The highest BCUT2D eigenvalue weighted by atomic mass is 16.5. The summed E-state index contributed by atoms with van der Waals surface area (Å²) in [6.07, 6.45) is 1.62. The number of carbonyl (C=O) groups excluding carboxylic acids is 1. The van der Waals surface area contributed by atoms with E-state index in [9.17, 15) is 4.79 Å². The molecule has 9 heteroatoms. The van der Waals surface area contributed by atoms with Gasteiger partial charge in [0.1, 0.15) is 11.8 Å². The smallest absolute Gasteiger partial charge is 0.323 e. The van der Waals surface area contributed by atoms with Crippen LogP contribution in [0.5, 0.6) is 0 Å². The second-order valence-corrected chi connectivity index (χ2v) is 5.87. The summed E-state index contributed by atoms with van der Waals surface area (Å²) in [5.41, 5.74) is 0.735. The van der Waals surface area contributed by atoms with Gasteiger partial charge in [-0.05, 0) is 39.5 Å². The molecule has 0 spiro atoms. The van der Waals surface area contributed by atoms with Crippen molar-refractivity contribution in [2.75, 3.05) is 18.5 Å². The molecule has 3 heterocycles. The van der Waals surface area contributed by atoms with Gasteiger partial charge in [0, 0.05) is 13.2 Å². The molecule has 24 heavy (non-hydrogen) atoms. The molecule has 3 rings (SSSR count). The van der Waals surface area contributed by atoms with E-state index in [1.54, 1.807) is 13.8 Å². The molecule has 0 bridgehead atoms. The molecule has 0 aromatic carbocycles. The zero-order chi connectivity index (χ0) is 17.1. The lowest BCUT2D eigenvalue weighted by Gasteiger charge is -2.28. The number of hydrogen-bond acceptors (Lipinski definition) is 7. The summed E-state index contributed by atoms with van der Waals surface area (Å²) in [6, 6.07) is -0.647. The molecule has 0 radical (unpaired) electrons. The average molecular weight is 335 g/mol. The van der Waals surface area contributed by atoms with Gasteiger partial charge in [-0.25, -0.2) is 4.79 Å². The maximum absolute atomic E-state index is 12.3. The topological polar surface area (TPSA) is 115 Å². The molecular weight excluding hydrogens is 314 g/mol. The van der Waals surface area contributed by atoms with Gasteiger partial charge in [-0.2, -0.15) is 9.97 Å². The van der Waals surface area contributed by atoms with Crippen molar-refractivity contribution in [3.63, 3.8) is 0 Å². The van der Waals surface area contributed by atoms with E-state index in [0.29, 0.717) is 30.7 Å². The molecule has 1 aliphatic rings. The number of nitrogens with one attached hydrogen (secondary N) is 2. The standard InChI is InChI=1S/C15H21N5O4/c1-8-9(2)23-15(16-8)19-14(21)18-12(11-4-6-22-7-5-11)13-17-10(3)20-24-13/h11-12H,4-7H2,1-3H3,(H2,16,18,19,21)/t12-/m1/s1. The normalized spacial score (nSPS) is 16.8. The molecule has 9 nitrogen and oxygen atoms in total. The molecule has 2 amide bonds. The van der Waals surface area contributed by atoms with E-state index in [1.165, 1.54) is 0 Å². The fourth-order valence-corrected chi connectivity index (χ4v) is 2.67. The minimum absolute atomic E-state index is 0.162. The van der Waals surface area contributed by atoms with Gasteiger partial charge in [-0.1, -0.05) is 5.16 Å². The van der Waals surface area contributed by atoms with E-state index >= 15 is 0 Å². The first-order chi connectivity index (χ1) is 11.5. The highest BCUT2D eigenvalue weighted by Crippen LogP contribution is 2.29. The van der Waals surface area contributed by atoms with Crippen LogP contribution in [0.3, 0.4) is 0 Å². The van der Waals surface area contributed by atoms with E-state index in [1.807, 2.05) is 6.92 Å². The third-order valence-electron chi connectivity index (χ3n) is 4.08. The molecule has 130 valence electrons. The Morgan fingerprint density at radius 1 is 1.21 bits per heavy atom. The van der Waals surface area contributed by atoms with Crippen molar-refractivity contribution in [3.05, 3.63) is 23.2 Å². The first-order valence-corrected chi connectivity index (χ1v) is 7.92. The predicted octanol–water partition coefficient (Wildman–Crippen LogP) is 2.27. The number of aryl methyl sites for hydroxylation is 3. The molecule has 0 aliphatic carbocycles. The fraction of sp³-hybridized carbons (Fsp3) is 0.600. The quantitative estimate of drug-likeness (QED) is 0.880. The van der Waals surface area contributed by atoms with Crippen LogP contribution in [0.15, 0.2) is 8.94 Å². The van der Waals surface area contributed by atoms with Crippen LogP contribution < -0.4 is 10.6 Å². The Morgan fingerprint density at radius 3 is 2.54 bits per heavy atom. The Morgan fingerprint density at radius 2 is 1.96 bits per heavy atom. The summed E-state index contributed by atoms with van der Waals surface area (Å²) in [6.45, 7) is 6.64. The monoisotopic (exact) mass is 335 g/mol. The second kappa shape index (κ2) is 7.00. The Labute approximate surface area is 139 Å². The fourth-order valence-electron chi connectivity index (χ4n) is 2.67. The van der Waals surface area contributed by atoms with E-state index in [-0.39, 0.29) is 18.0 Å². The van der Waals surface area contributed by atoms with Crippen LogP contribution in [0.25, 0.3) is 0 Å². The molecule has 0 unspecified atom stereocenters. The number of anilines is 1. The van der Waals surface area contributed by atoms with Gasteiger partial charge in [0.2, 0.25) is 5.89 Å². The van der Waals surface area contributed by atoms with E-state index in [0.717, 1.165) is 18.5 Å². The number of rotatable bonds is 4. The van der Waals surface area contributed by atoms with Gasteiger partial charge < -0.3 is 19.0 Å². The largest absolute Gasteiger partial charge is 0.428 e. The molecule has 2 N–H and O–H groups in total. The zero-order valence-electron chi connectivity index (χ0n) is 14.0. The lowest BCUT2D eigenvalue weighted by Crippen LogP contribution is -2.38. The van der Waals surface area contributed by atoms with Gasteiger partial charge in [-0.3, -0.25) is 5.32 Å². The van der Waals surface area contributed by atoms with Gasteiger partial charge in [0.15, 0.2) is 5.82 Å². The number of nitrogens with zero attached hydrogens (tertiary/aromatic N) is 3. The summed E-state index contributed by atoms with van der Waals surface area (Å²) in [4.78, 5) is 20.7. The summed E-state index contributed by atoms with van der Waals surface area (Å²) >= 11 is 0. The van der Waals surface area contributed by atoms with Crippen LogP contribution in [0.1, 0.15) is 42.1 Å². The van der Waals surface area contributed by atoms with Crippen LogP contribution in [0, 0.1) is 26.7 Å². The number of ether oxygens (including phenoxy) is 1. The highest BCUT2D eigenvalue weighted by Gasteiger charge is 2.31. The number of oxazole rings is 1. The molecular formula is C15H21N5O4. The van der Waals surface area contributed by atoms with Crippen LogP contribution in [0.4, 0.5) is 10.8 Å². The Kier molecular flexibility index (Phi) is 4.79. The number of amides is 2. The summed E-state index contributed by atoms with van der Waals surface area (Å²) in [5, 5.41) is 9.31. The maximum atomic E-state index is 12.3. The van der Waals surface area contributed by atoms with Crippen molar-refractivity contribution in [2.45, 2.75) is 39.7 Å². The van der Waals surface area contributed by atoms with Gasteiger partial charge in [-0.15, -0.1) is 0 Å². The summed E-state index contributed by atoms with van der Waals surface area (Å²) < 4.78 is 16.0. The first kappa shape index (κ1) is 16.4. The maximum Gasteiger partial charge on any atom is 0.323 e. The Balaban J connectivity index is 1.71. The molecule has 0 saturated carbocycles. The molecule has 1 fully saturated rings. The van der Waals surface area contributed by atoms with Crippen molar-refractivity contribution in [1.29, 1.82) is 0 Å². The van der Waals surface area contributed by atoms with Crippen molar-refractivity contribution in [3.8, 4) is 0 Å². The Bertz CT molecular complexity index is 685. The molecule has 2 aromatic heterocycles. The molecule has 1 atom stereocenters. The number of urea groups is 1.